The average molecular weight is 355 g/mol. The molecule has 2 rings (SSSR count). The number of hydrogen-bond acceptors (Lipinski definition) is 2. The second-order valence-corrected chi connectivity index (χ2v) is 5.35. The molecule has 2 aromatic rings. The van der Waals surface area contributed by atoms with Gasteiger partial charge in [-0.1, -0.05) is 18.2 Å². The second-order valence-electron chi connectivity index (χ2n) is 4.49. The largest absolute Gasteiger partial charge is 0.399 e. The Kier molecular flexibility index (Phi) is 4.90. The van der Waals surface area contributed by atoms with Crippen molar-refractivity contribution in [1.29, 1.82) is 0 Å². The molecule has 110 valence electrons. The van der Waals surface area contributed by atoms with Crippen molar-refractivity contribution in [3.05, 3.63) is 58.1 Å². The Morgan fingerprint density at radius 3 is 2.62 bits per heavy atom. The van der Waals surface area contributed by atoms with Gasteiger partial charge in [0.15, 0.2) is 0 Å². The highest BCUT2D eigenvalue weighted by molar-refractivity contribution is 9.10. The van der Waals surface area contributed by atoms with Crippen molar-refractivity contribution < 1.29 is 13.6 Å². The highest BCUT2D eigenvalue weighted by atomic mass is 79.9. The minimum absolute atomic E-state index is 0.0608. The molecule has 0 aliphatic heterocycles. The van der Waals surface area contributed by atoms with E-state index in [0.717, 1.165) is 11.6 Å². The first kappa shape index (κ1) is 15.4. The number of carbonyl (C=O) groups excluding carboxylic acids is 1. The fourth-order valence-corrected chi connectivity index (χ4v) is 2.18. The molecule has 1 amide bonds. The first-order valence-corrected chi connectivity index (χ1v) is 7.04. The van der Waals surface area contributed by atoms with E-state index >= 15 is 0 Å². The SMILES string of the molecule is Nc1ccccc1CCC(=O)Nc1cc(Br)c(F)cc1F. The summed E-state index contributed by atoms with van der Waals surface area (Å²) in [5.41, 5.74) is 7.19. The van der Waals surface area contributed by atoms with Crippen LogP contribution in [0.5, 0.6) is 0 Å². The van der Waals surface area contributed by atoms with Gasteiger partial charge in [-0.3, -0.25) is 4.79 Å². The summed E-state index contributed by atoms with van der Waals surface area (Å²) in [6.45, 7) is 0. The number of aryl methyl sites for hydroxylation is 1. The van der Waals surface area contributed by atoms with E-state index < -0.39 is 11.6 Å². The van der Waals surface area contributed by atoms with Gasteiger partial charge in [0.25, 0.3) is 0 Å². The monoisotopic (exact) mass is 354 g/mol. The average Bonchev–Trinajstić information content (AvgIpc) is 2.44. The van der Waals surface area contributed by atoms with Gasteiger partial charge in [-0.05, 0) is 40.0 Å². The predicted molar refractivity (Wildman–Crippen MR) is 81.9 cm³/mol. The number of para-hydroxylation sites is 1. The standard InChI is InChI=1S/C15H13BrF2N2O/c16-10-7-14(12(18)8-11(10)17)20-15(21)6-5-9-3-1-2-4-13(9)19/h1-4,7-8H,5-6,19H2,(H,20,21). The Morgan fingerprint density at radius 2 is 1.90 bits per heavy atom. The molecule has 0 aliphatic rings. The smallest absolute Gasteiger partial charge is 0.224 e. The van der Waals surface area contributed by atoms with Crippen molar-refractivity contribution in [3.8, 4) is 0 Å². The summed E-state index contributed by atoms with van der Waals surface area (Å²) in [5.74, 6) is -1.90. The first-order chi connectivity index (χ1) is 9.97. The maximum absolute atomic E-state index is 13.5. The quantitative estimate of drug-likeness (QED) is 0.646. The third-order valence-electron chi connectivity index (χ3n) is 2.96. The summed E-state index contributed by atoms with van der Waals surface area (Å²) < 4.78 is 26.7. The highest BCUT2D eigenvalue weighted by Gasteiger charge is 2.11. The number of hydrogen-bond donors (Lipinski definition) is 2. The molecule has 0 saturated carbocycles. The number of amides is 1. The van der Waals surface area contributed by atoms with Crippen molar-refractivity contribution in [1.82, 2.24) is 0 Å². The molecule has 0 saturated heterocycles. The summed E-state index contributed by atoms with van der Waals surface area (Å²) in [4.78, 5) is 11.8. The van der Waals surface area contributed by atoms with Gasteiger partial charge in [0, 0.05) is 18.2 Å². The summed E-state index contributed by atoms with van der Waals surface area (Å²) >= 11 is 2.95. The van der Waals surface area contributed by atoms with Crippen LogP contribution in [0.25, 0.3) is 0 Å². The van der Waals surface area contributed by atoms with E-state index in [2.05, 4.69) is 21.2 Å². The van der Waals surface area contributed by atoms with Crippen molar-refractivity contribution in [3.63, 3.8) is 0 Å². The number of rotatable bonds is 4. The van der Waals surface area contributed by atoms with Crippen LogP contribution in [-0.4, -0.2) is 5.91 Å². The maximum atomic E-state index is 13.5. The van der Waals surface area contributed by atoms with Crippen LogP contribution in [-0.2, 0) is 11.2 Å². The van der Waals surface area contributed by atoms with E-state index in [1.165, 1.54) is 6.07 Å². The number of nitrogens with one attached hydrogen (secondary N) is 1. The molecule has 0 spiro atoms. The van der Waals surface area contributed by atoms with E-state index in [4.69, 9.17) is 5.73 Å². The zero-order chi connectivity index (χ0) is 15.4. The predicted octanol–water partition coefficient (Wildman–Crippen LogP) is 3.88. The van der Waals surface area contributed by atoms with Crippen LogP contribution in [0.1, 0.15) is 12.0 Å². The van der Waals surface area contributed by atoms with Crippen LogP contribution in [0.4, 0.5) is 20.2 Å². The lowest BCUT2D eigenvalue weighted by Gasteiger charge is -2.08. The molecule has 0 aromatic heterocycles. The molecule has 0 bridgehead atoms. The fourth-order valence-electron chi connectivity index (χ4n) is 1.84. The first-order valence-electron chi connectivity index (χ1n) is 6.25. The zero-order valence-electron chi connectivity index (χ0n) is 11.0. The van der Waals surface area contributed by atoms with Gasteiger partial charge in [0.05, 0.1) is 10.2 Å². The van der Waals surface area contributed by atoms with Crippen molar-refractivity contribution in [2.45, 2.75) is 12.8 Å². The number of nitrogen functional groups attached to an aromatic ring is 1. The minimum atomic E-state index is -0.816. The number of anilines is 2. The summed E-state index contributed by atoms with van der Waals surface area (Å²) in [7, 11) is 0. The lowest BCUT2D eigenvalue weighted by molar-refractivity contribution is -0.116. The summed E-state index contributed by atoms with van der Waals surface area (Å²) in [6, 6.07) is 9.14. The molecule has 0 unspecified atom stereocenters. The number of benzene rings is 2. The van der Waals surface area contributed by atoms with Gasteiger partial charge in [-0.25, -0.2) is 8.78 Å². The zero-order valence-corrected chi connectivity index (χ0v) is 12.6. The number of halogens is 3. The molecular formula is C15H13BrF2N2O. The van der Waals surface area contributed by atoms with E-state index in [0.29, 0.717) is 12.1 Å². The molecule has 0 aliphatic carbocycles. The molecule has 3 N–H and O–H groups in total. The molecule has 0 radical (unpaired) electrons. The molecule has 21 heavy (non-hydrogen) atoms. The Labute approximate surface area is 129 Å². The van der Waals surface area contributed by atoms with Crippen molar-refractivity contribution >= 4 is 33.2 Å². The van der Waals surface area contributed by atoms with Gasteiger partial charge < -0.3 is 11.1 Å². The molecule has 3 nitrogen and oxygen atoms in total. The molecule has 2 aromatic carbocycles. The molecule has 0 fully saturated rings. The lowest BCUT2D eigenvalue weighted by atomic mass is 10.1. The fraction of sp³-hybridized carbons (Fsp3) is 0.133. The third kappa shape index (κ3) is 4.01. The van der Waals surface area contributed by atoms with Crippen LogP contribution in [0, 0.1) is 11.6 Å². The molecule has 6 heteroatoms. The Bertz CT molecular complexity index is 677. The van der Waals surface area contributed by atoms with Crippen LogP contribution < -0.4 is 11.1 Å². The molecule has 0 atom stereocenters. The Hall–Kier alpha value is -1.95. The van der Waals surface area contributed by atoms with Gasteiger partial charge in [-0.15, -0.1) is 0 Å². The van der Waals surface area contributed by atoms with Crippen LogP contribution >= 0.6 is 15.9 Å². The topological polar surface area (TPSA) is 55.1 Å². The Balaban J connectivity index is 1.99. The van der Waals surface area contributed by atoms with E-state index in [9.17, 15) is 13.6 Å². The molecule has 0 heterocycles. The Morgan fingerprint density at radius 1 is 1.19 bits per heavy atom. The summed E-state index contributed by atoms with van der Waals surface area (Å²) in [5, 5.41) is 2.42. The van der Waals surface area contributed by atoms with Gasteiger partial charge in [0.1, 0.15) is 11.6 Å². The van der Waals surface area contributed by atoms with Crippen LogP contribution in [0.3, 0.4) is 0 Å². The normalized spacial score (nSPS) is 10.4. The van der Waals surface area contributed by atoms with Gasteiger partial charge in [0.2, 0.25) is 5.91 Å². The van der Waals surface area contributed by atoms with Gasteiger partial charge >= 0.3 is 0 Å². The highest BCUT2D eigenvalue weighted by Crippen LogP contribution is 2.24. The number of carbonyl (C=O) groups is 1. The van der Waals surface area contributed by atoms with Gasteiger partial charge in [-0.2, -0.15) is 0 Å². The maximum Gasteiger partial charge on any atom is 0.224 e. The van der Waals surface area contributed by atoms with E-state index in [1.54, 1.807) is 6.07 Å². The van der Waals surface area contributed by atoms with Crippen LogP contribution in [0.2, 0.25) is 0 Å². The molecular weight excluding hydrogens is 342 g/mol. The van der Waals surface area contributed by atoms with E-state index in [-0.39, 0.29) is 22.5 Å². The van der Waals surface area contributed by atoms with Crippen molar-refractivity contribution in [2.75, 3.05) is 11.1 Å². The van der Waals surface area contributed by atoms with Crippen molar-refractivity contribution in [2.24, 2.45) is 0 Å². The minimum Gasteiger partial charge on any atom is -0.399 e. The van der Waals surface area contributed by atoms with E-state index in [1.807, 2.05) is 18.2 Å². The third-order valence-corrected chi connectivity index (χ3v) is 3.57. The lowest BCUT2D eigenvalue weighted by Crippen LogP contribution is -2.14. The van der Waals surface area contributed by atoms with Crippen LogP contribution in [0.15, 0.2) is 40.9 Å². The summed E-state index contributed by atoms with van der Waals surface area (Å²) in [6.07, 6.45) is 0.602. The second kappa shape index (κ2) is 6.67. The number of nitrogens with two attached hydrogens (primary N) is 1.